The molecule has 1 saturated heterocycles. The maximum Gasteiger partial charge on any atom is 0.311 e. The zero-order valence-electron chi connectivity index (χ0n) is 15.8. The van der Waals surface area contributed by atoms with Crippen molar-refractivity contribution < 1.29 is 19.1 Å². The van der Waals surface area contributed by atoms with Gasteiger partial charge in [0.1, 0.15) is 0 Å². The summed E-state index contributed by atoms with van der Waals surface area (Å²) in [6.07, 6.45) is 5.21. The van der Waals surface area contributed by atoms with Crippen molar-refractivity contribution in [1.29, 1.82) is 0 Å². The summed E-state index contributed by atoms with van der Waals surface area (Å²) in [6, 6.07) is 7.51. The highest BCUT2D eigenvalue weighted by molar-refractivity contribution is 5.98. The second-order valence-electron chi connectivity index (χ2n) is 6.86. The van der Waals surface area contributed by atoms with Crippen molar-refractivity contribution in [3.63, 3.8) is 0 Å². The van der Waals surface area contributed by atoms with Gasteiger partial charge < -0.3 is 9.64 Å². The summed E-state index contributed by atoms with van der Waals surface area (Å²) >= 11 is 0. The van der Waals surface area contributed by atoms with Crippen molar-refractivity contribution in [1.82, 2.24) is 4.90 Å². The van der Waals surface area contributed by atoms with Crippen LogP contribution in [0.2, 0.25) is 0 Å². The van der Waals surface area contributed by atoms with E-state index in [9.17, 15) is 14.4 Å². The van der Waals surface area contributed by atoms with Gasteiger partial charge in [0.25, 0.3) is 0 Å². The van der Waals surface area contributed by atoms with E-state index in [-0.39, 0.29) is 30.2 Å². The highest BCUT2D eigenvalue weighted by atomic mass is 16.5. The average Bonchev–Trinajstić information content (AvgIpc) is 2.70. The van der Waals surface area contributed by atoms with Crippen LogP contribution in [-0.2, 0) is 20.7 Å². The predicted octanol–water partition coefficient (Wildman–Crippen LogP) is 3.40. The Morgan fingerprint density at radius 3 is 2.54 bits per heavy atom. The number of likely N-dealkylation sites (tertiary alicyclic amines) is 1. The molecule has 1 fully saturated rings. The van der Waals surface area contributed by atoms with Gasteiger partial charge in [-0.3, -0.25) is 14.4 Å². The summed E-state index contributed by atoms with van der Waals surface area (Å²) < 4.78 is 5.23. The molecule has 0 saturated carbocycles. The molecule has 5 nitrogen and oxygen atoms in total. The maximum absolute atomic E-state index is 12.3. The third-order valence-corrected chi connectivity index (χ3v) is 4.85. The summed E-state index contributed by atoms with van der Waals surface area (Å²) in [4.78, 5) is 38.0. The Morgan fingerprint density at radius 1 is 1.15 bits per heavy atom. The van der Waals surface area contributed by atoms with E-state index in [4.69, 9.17) is 4.74 Å². The van der Waals surface area contributed by atoms with Crippen molar-refractivity contribution in [2.75, 3.05) is 19.7 Å². The molecule has 0 spiro atoms. The van der Waals surface area contributed by atoms with Crippen molar-refractivity contribution >= 4 is 17.7 Å². The second-order valence-corrected chi connectivity index (χ2v) is 6.86. The van der Waals surface area contributed by atoms with Gasteiger partial charge >= 0.3 is 5.97 Å². The number of carbonyl (C=O) groups is 3. The highest BCUT2D eigenvalue weighted by Crippen LogP contribution is 2.19. The van der Waals surface area contributed by atoms with Crippen LogP contribution in [0.5, 0.6) is 0 Å². The minimum Gasteiger partial charge on any atom is -0.457 e. The number of rotatable bonds is 8. The van der Waals surface area contributed by atoms with Crippen molar-refractivity contribution in [3.05, 3.63) is 35.4 Å². The maximum atomic E-state index is 12.3. The first-order valence-electron chi connectivity index (χ1n) is 9.61. The fraction of sp³-hybridized carbons (Fsp3) is 0.571. The third kappa shape index (κ3) is 5.68. The van der Waals surface area contributed by atoms with E-state index < -0.39 is 0 Å². The molecule has 1 amide bonds. The molecule has 0 aromatic heterocycles. The molecule has 1 aromatic rings. The second kappa shape index (κ2) is 10.1. The van der Waals surface area contributed by atoms with Crippen LogP contribution in [0.25, 0.3) is 0 Å². The lowest BCUT2D eigenvalue weighted by Crippen LogP contribution is -2.42. The molecular weight excluding hydrogens is 330 g/mol. The van der Waals surface area contributed by atoms with Gasteiger partial charge in [-0.2, -0.15) is 0 Å². The summed E-state index contributed by atoms with van der Waals surface area (Å²) in [5.41, 5.74) is 1.77. The Morgan fingerprint density at radius 2 is 1.88 bits per heavy atom. The van der Waals surface area contributed by atoms with Gasteiger partial charge in [0.05, 0.1) is 5.92 Å². The molecule has 26 heavy (non-hydrogen) atoms. The molecule has 1 unspecified atom stereocenters. The molecule has 2 rings (SSSR count). The van der Waals surface area contributed by atoms with Gasteiger partial charge in [-0.25, -0.2) is 0 Å². The third-order valence-electron chi connectivity index (χ3n) is 4.85. The minimum atomic E-state index is -0.383. The van der Waals surface area contributed by atoms with Gasteiger partial charge in [-0.1, -0.05) is 44.5 Å². The van der Waals surface area contributed by atoms with Crippen LogP contribution in [0.4, 0.5) is 0 Å². The van der Waals surface area contributed by atoms with Gasteiger partial charge in [0.2, 0.25) is 5.91 Å². The number of amides is 1. The summed E-state index contributed by atoms with van der Waals surface area (Å²) in [5, 5.41) is 0. The van der Waals surface area contributed by atoms with Crippen LogP contribution in [-0.4, -0.2) is 42.3 Å². The summed E-state index contributed by atoms with van der Waals surface area (Å²) in [6.45, 7) is 4.81. The standard InChI is InChI=1S/C21H29NO4/c1-3-5-7-16-9-11-17(12-10-16)19(23)15-26-21(25)18-8-6-13-22(14-18)20(24)4-2/h9-12,18H,3-8,13-15H2,1-2H3. The topological polar surface area (TPSA) is 63.7 Å². The first-order chi connectivity index (χ1) is 12.5. The Labute approximate surface area is 155 Å². The van der Waals surface area contributed by atoms with Crippen LogP contribution < -0.4 is 0 Å². The molecule has 1 heterocycles. The Kier molecular flexibility index (Phi) is 7.82. The Hall–Kier alpha value is -2.17. The van der Waals surface area contributed by atoms with Crippen LogP contribution in [0.1, 0.15) is 61.9 Å². The minimum absolute atomic E-state index is 0.0572. The number of ether oxygens (including phenoxy) is 1. The van der Waals surface area contributed by atoms with Crippen LogP contribution in [0, 0.1) is 5.92 Å². The number of aryl methyl sites for hydroxylation is 1. The normalized spacial score (nSPS) is 17.0. The molecular formula is C21H29NO4. The van der Waals surface area contributed by atoms with Crippen molar-refractivity contribution in [3.8, 4) is 0 Å². The van der Waals surface area contributed by atoms with Crippen molar-refractivity contribution in [2.45, 2.75) is 52.4 Å². The Balaban J connectivity index is 1.82. The number of benzene rings is 1. The average molecular weight is 359 g/mol. The number of esters is 1. The molecule has 0 bridgehead atoms. The quantitative estimate of drug-likeness (QED) is 0.527. The summed E-state index contributed by atoms with van der Waals surface area (Å²) in [7, 11) is 0. The van der Waals surface area contributed by atoms with Crippen LogP contribution in [0.3, 0.4) is 0 Å². The lowest BCUT2D eigenvalue weighted by Gasteiger charge is -2.31. The molecule has 1 aromatic carbocycles. The number of hydrogen-bond donors (Lipinski definition) is 0. The van der Waals surface area contributed by atoms with E-state index in [0.29, 0.717) is 31.5 Å². The largest absolute Gasteiger partial charge is 0.457 e. The van der Waals surface area contributed by atoms with Crippen LogP contribution >= 0.6 is 0 Å². The zero-order chi connectivity index (χ0) is 18.9. The number of ketones is 1. The molecule has 1 aliphatic heterocycles. The number of carbonyl (C=O) groups excluding carboxylic acids is 3. The zero-order valence-corrected chi connectivity index (χ0v) is 15.8. The molecule has 5 heteroatoms. The molecule has 1 atom stereocenters. The predicted molar refractivity (Wildman–Crippen MR) is 99.9 cm³/mol. The monoisotopic (exact) mass is 359 g/mol. The Bertz CT molecular complexity index is 623. The van der Waals surface area contributed by atoms with E-state index >= 15 is 0 Å². The first kappa shape index (κ1) is 20.1. The molecule has 0 aliphatic carbocycles. The van der Waals surface area contributed by atoms with Gasteiger partial charge in [0, 0.05) is 25.1 Å². The van der Waals surface area contributed by atoms with Gasteiger partial charge in [0.15, 0.2) is 12.4 Å². The fourth-order valence-electron chi connectivity index (χ4n) is 3.20. The SMILES string of the molecule is CCCCc1ccc(C(=O)COC(=O)C2CCCN(C(=O)CC)C2)cc1. The smallest absolute Gasteiger partial charge is 0.311 e. The van der Waals surface area contributed by atoms with E-state index in [1.165, 1.54) is 5.56 Å². The lowest BCUT2D eigenvalue weighted by atomic mass is 9.98. The summed E-state index contributed by atoms with van der Waals surface area (Å²) in [5.74, 6) is -0.852. The molecule has 0 radical (unpaired) electrons. The number of unbranched alkanes of at least 4 members (excludes halogenated alkanes) is 1. The van der Waals surface area contributed by atoms with Crippen molar-refractivity contribution in [2.24, 2.45) is 5.92 Å². The van der Waals surface area contributed by atoms with E-state index in [0.717, 1.165) is 25.7 Å². The molecule has 0 N–H and O–H groups in total. The first-order valence-corrected chi connectivity index (χ1v) is 9.61. The van der Waals surface area contributed by atoms with E-state index in [1.54, 1.807) is 17.0 Å². The number of Topliss-reactive ketones (excluding diaryl/α,β-unsaturated/α-hetero) is 1. The lowest BCUT2D eigenvalue weighted by molar-refractivity contribution is -0.150. The number of nitrogens with zero attached hydrogens (tertiary/aromatic N) is 1. The molecule has 1 aliphatic rings. The van der Waals surface area contributed by atoms with E-state index in [2.05, 4.69) is 6.92 Å². The van der Waals surface area contributed by atoms with Crippen LogP contribution in [0.15, 0.2) is 24.3 Å². The number of hydrogen-bond acceptors (Lipinski definition) is 4. The van der Waals surface area contributed by atoms with E-state index in [1.807, 2.05) is 19.1 Å². The van der Waals surface area contributed by atoms with Gasteiger partial charge in [-0.15, -0.1) is 0 Å². The molecule has 142 valence electrons. The highest BCUT2D eigenvalue weighted by Gasteiger charge is 2.29. The van der Waals surface area contributed by atoms with Gasteiger partial charge in [-0.05, 0) is 31.2 Å². The number of piperidine rings is 1. The fourth-order valence-corrected chi connectivity index (χ4v) is 3.20.